The van der Waals surface area contributed by atoms with Gasteiger partial charge in [-0.05, 0) is 69.8 Å². The van der Waals surface area contributed by atoms with E-state index in [-0.39, 0.29) is 0 Å². The molecule has 1 aromatic heterocycles. The Hall–Kier alpha value is -1.13. The van der Waals surface area contributed by atoms with Crippen LogP contribution in [0.25, 0.3) is 0 Å². The minimum absolute atomic E-state index is 0.772. The van der Waals surface area contributed by atoms with E-state index in [1.54, 1.807) is 0 Å². The number of hydrogen-bond acceptors (Lipinski definition) is 4. The van der Waals surface area contributed by atoms with Crippen LogP contribution in [0.1, 0.15) is 50.3 Å². The number of pyridine rings is 1. The molecule has 2 aliphatic rings. The molecule has 23 heavy (non-hydrogen) atoms. The minimum Gasteiger partial charge on any atom is -0.370 e. The van der Waals surface area contributed by atoms with Crippen LogP contribution in [0.2, 0.25) is 0 Å². The van der Waals surface area contributed by atoms with Crippen LogP contribution in [0.3, 0.4) is 0 Å². The number of aromatic nitrogens is 1. The fraction of sp³-hybridized carbons (Fsp3) is 0.737. The zero-order valence-electron chi connectivity index (χ0n) is 14.6. The quantitative estimate of drug-likeness (QED) is 0.724. The summed E-state index contributed by atoms with van der Waals surface area (Å²) in [5.74, 6) is 1.14. The first-order valence-corrected chi connectivity index (χ1v) is 9.54. The molecule has 2 N–H and O–H groups in total. The molecule has 1 saturated heterocycles. The van der Waals surface area contributed by atoms with Gasteiger partial charge >= 0.3 is 0 Å². The molecule has 0 saturated carbocycles. The monoisotopic (exact) mass is 316 g/mol. The van der Waals surface area contributed by atoms with Gasteiger partial charge in [0.15, 0.2) is 0 Å². The second kappa shape index (κ2) is 8.65. The second-order valence-electron chi connectivity index (χ2n) is 6.93. The van der Waals surface area contributed by atoms with E-state index in [9.17, 15) is 0 Å². The lowest BCUT2D eigenvalue weighted by Crippen LogP contribution is -2.37. The summed E-state index contributed by atoms with van der Waals surface area (Å²) in [5.41, 5.74) is 2.65. The standard InChI is InChI=1S/C19H32N4/c1-2-23(18-11-13-20-15-18)14-5-3-4-8-17-10-9-16-7-6-12-21-19(16)22-17/h9-10,18,20H,2-8,11-15H2,1H3,(H,21,22)/t18-/m1/s1. The molecular formula is C19H32N4. The van der Waals surface area contributed by atoms with Gasteiger partial charge in [0.25, 0.3) is 0 Å². The van der Waals surface area contributed by atoms with Gasteiger partial charge in [-0.15, -0.1) is 0 Å². The molecule has 4 heteroatoms. The summed E-state index contributed by atoms with van der Waals surface area (Å²) in [5, 5.41) is 6.91. The largest absolute Gasteiger partial charge is 0.370 e. The molecule has 0 amide bonds. The predicted octanol–water partition coefficient (Wildman–Crippen LogP) is 2.84. The van der Waals surface area contributed by atoms with Crippen molar-refractivity contribution < 1.29 is 0 Å². The first-order chi connectivity index (χ1) is 11.4. The molecule has 1 fully saturated rings. The molecule has 0 unspecified atom stereocenters. The topological polar surface area (TPSA) is 40.2 Å². The van der Waals surface area contributed by atoms with E-state index in [1.807, 2.05) is 0 Å². The van der Waals surface area contributed by atoms with Gasteiger partial charge in [0.05, 0.1) is 0 Å². The Bertz CT molecular complexity index is 482. The molecule has 0 radical (unpaired) electrons. The summed E-state index contributed by atoms with van der Waals surface area (Å²) in [6.45, 7) is 8.18. The average Bonchev–Trinajstić information content (AvgIpc) is 3.12. The number of aryl methyl sites for hydroxylation is 2. The number of nitrogens with one attached hydrogen (secondary N) is 2. The van der Waals surface area contributed by atoms with Gasteiger partial charge < -0.3 is 10.6 Å². The number of rotatable bonds is 8. The molecule has 2 aliphatic heterocycles. The normalized spacial score (nSPS) is 20.5. The van der Waals surface area contributed by atoms with Crippen molar-refractivity contribution in [1.29, 1.82) is 0 Å². The summed E-state index contributed by atoms with van der Waals surface area (Å²) in [6.07, 6.45) is 8.73. The maximum Gasteiger partial charge on any atom is 0.129 e. The molecule has 3 heterocycles. The van der Waals surface area contributed by atoms with Crippen LogP contribution >= 0.6 is 0 Å². The Balaban J connectivity index is 1.36. The Kier molecular flexibility index (Phi) is 6.29. The zero-order chi connectivity index (χ0) is 15.9. The molecule has 0 aromatic carbocycles. The number of anilines is 1. The summed E-state index contributed by atoms with van der Waals surface area (Å²) in [4.78, 5) is 7.45. The Morgan fingerprint density at radius 3 is 3.00 bits per heavy atom. The van der Waals surface area contributed by atoms with Gasteiger partial charge in [0.2, 0.25) is 0 Å². The highest BCUT2D eigenvalue weighted by molar-refractivity contribution is 5.46. The van der Waals surface area contributed by atoms with Crippen molar-refractivity contribution in [2.24, 2.45) is 0 Å². The highest BCUT2D eigenvalue weighted by Gasteiger charge is 2.20. The molecule has 1 atom stereocenters. The van der Waals surface area contributed by atoms with Crippen molar-refractivity contribution in [3.8, 4) is 0 Å². The maximum atomic E-state index is 4.80. The van der Waals surface area contributed by atoms with Crippen molar-refractivity contribution in [1.82, 2.24) is 15.2 Å². The zero-order valence-corrected chi connectivity index (χ0v) is 14.6. The third kappa shape index (κ3) is 4.67. The van der Waals surface area contributed by atoms with Crippen LogP contribution in [0, 0.1) is 0 Å². The summed E-state index contributed by atoms with van der Waals surface area (Å²) in [6, 6.07) is 5.28. The lowest BCUT2D eigenvalue weighted by molar-refractivity contribution is 0.214. The van der Waals surface area contributed by atoms with Gasteiger partial charge in [-0.3, -0.25) is 4.90 Å². The molecule has 1 aromatic rings. The number of unbranched alkanes of at least 4 members (excludes halogenated alkanes) is 2. The molecule has 4 nitrogen and oxygen atoms in total. The van der Waals surface area contributed by atoms with Crippen LogP contribution in [0.15, 0.2) is 12.1 Å². The fourth-order valence-electron chi connectivity index (χ4n) is 3.86. The Morgan fingerprint density at radius 2 is 2.17 bits per heavy atom. The number of likely N-dealkylation sites (N-methyl/N-ethyl adjacent to an activating group) is 1. The summed E-state index contributed by atoms with van der Waals surface area (Å²) >= 11 is 0. The number of nitrogens with zero attached hydrogens (tertiary/aromatic N) is 2. The van der Waals surface area contributed by atoms with E-state index in [4.69, 9.17) is 4.98 Å². The molecule has 0 aliphatic carbocycles. The predicted molar refractivity (Wildman–Crippen MR) is 97.1 cm³/mol. The summed E-state index contributed by atoms with van der Waals surface area (Å²) in [7, 11) is 0. The Morgan fingerprint density at radius 1 is 1.22 bits per heavy atom. The van der Waals surface area contributed by atoms with E-state index >= 15 is 0 Å². The van der Waals surface area contributed by atoms with E-state index < -0.39 is 0 Å². The van der Waals surface area contributed by atoms with E-state index in [0.717, 1.165) is 24.8 Å². The fourth-order valence-corrected chi connectivity index (χ4v) is 3.86. The molecule has 0 bridgehead atoms. The third-order valence-electron chi connectivity index (χ3n) is 5.29. The van der Waals surface area contributed by atoms with E-state index in [2.05, 4.69) is 34.6 Å². The number of fused-ring (bicyclic) bond motifs is 1. The Labute approximate surface area is 141 Å². The van der Waals surface area contributed by atoms with Gasteiger partial charge in [0, 0.05) is 24.8 Å². The first-order valence-electron chi connectivity index (χ1n) is 9.54. The van der Waals surface area contributed by atoms with Gasteiger partial charge in [-0.1, -0.05) is 19.4 Å². The van der Waals surface area contributed by atoms with Crippen LogP contribution in [0.4, 0.5) is 5.82 Å². The highest BCUT2D eigenvalue weighted by atomic mass is 15.2. The van der Waals surface area contributed by atoms with Crippen molar-refractivity contribution >= 4 is 5.82 Å². The van der Waals surface area contributed by atoms with Crippen LogP contribution in [0.5, 0.6) is 0 Å². The van der Waals surface area contributed by atoms with E-state index in [0.29, 0.717) is 0 Å². The molecule has 0 spiro atoms. The van der Waals surface area contributed by atoms with Crippen molar-refractivity contribution in [3.05, 3.63) is 23.4 Å². The van der Waals surface area contributed by atoms with Crippen molar-refractivity contribution in [3.63, 3.8) is 0 Å². The van der Waals surface area contributed by atoms with Crippen LogP contribution < -0.4 is 10.6 Å². The van der Waals surface area contributed by atoms with Gasteiger partial charge in [-0.2, -0.15) is 0 Å². The lowest BCUT2D eigenvalue weighted by atomic mass is 10.1. The second-order valence-corrected chi connectivity index (χ2v) is 6.93. The number of hydrogen-bond donors (Lipinski definition) is 2. The summed E-state index contributed by atoms with van der Waals surface area (Å²) < 4.78 is 0. The van der Waals surface area contributed by atoms with Gasteiger partial charge in [-0.25, -0.2) is 4.98 Å². The first kappa shape index (κ1) is 16.7. The maximum absolute atomic E-state index is 4.80. The minimum atomic E-state index is 0.772. The smallest absolute Gasteiger partial charge is 0.129 e. The van der Waals surface area contributed by atoms with Crippen LogP contribution in [-0.4, -0.2) is 48.6 Å². The molecule has 3 rings (SSSR count). The average molecular weight is 316 g/mol. The van der Waals surface area contributed by atoms with E-state index in [1.165, 1.54) is 76.0 Å². The highest BCUT2D eigenvalue weighted by Crippen LogP contribution is 2.20. The van der Waals surface area contributed by atoms with Crippen molar-refractivity contribution in [2.45, 2.75) is 57.9 Å². The molecular weight excluding hydrogens is 284 g/mol. The third-order valence-corrected chi connectivity index (χ3v) is 5.29. The van der Waals surface area contributed by atoms with Crippen LogP contribution in [-0.2, 0) is 12.8 Å². The lowest BCUT2D eigenvalue weighted by Gasteiger charge is -2.26. The molecule has 128 valence electrons. The van der Waals surface area contributed by atoms with Crippen molar-refractivity contribution in [2.75, 3.05) is 38.0 Å². The SMILES string of the molecule is CCN(CCCCCc1ccc2c(n1)NCCC2)[C@@H]1CCNC1. The van der Waals surface area contributed by atoms with Gasteiger partial charge in [0.1, 0.15) is 5.82 Å².